The van der Waals surface area contributed by atoms with Gasteiger partial charge in [-0.1, -0.05) is 34.1 Å². The predicted octanol–water partition coefficient (Wildman–Crippen LogP) is 2.88. The molecule has 0 N–H and O–H groups in total. The maximum absolute atomic E-state index is 12.7. The molecule has 0 saturated carbocycles. The van der Waals surface area contributed by atoms with Crippen molar-refractivity contribution < 1.29 is 4.84 Å². The Morgan fingerprint density at radius 1 is 1.17 bits per heavy atom. The Morgan fingerprint density at radius 2 is 1.96 bits per heavy atom. The van der Waals surface area contributed by atoms with E-state index in [4.69, 9.17) is 4.84 Å². The van der Waals surface area contributed by atoms with Gasteiger partial charge in [0.2, 0.25) is 0 Å². The number of alkyl halides is 1. The van der Waals surface area contributed by atoms with Crippen LogP contribution in [0.3, 0.4) is 0 Å². The molecule has 3 aromatic rings. The summed E-state index contributed by atoms with van der Waals surface area (Å²) < 4.78 is 2.94. The molecule has 1 aromatic carbocycles. The summed E-state index contributed by atoms with van der Waals surface area (Å²) in [5, 5.41) is 5.74. The quantitative estimate of drug-likeness (QED) is 0.459. The van der Waals surface area contributed by atoms with E-state index in [9.17, 15) is 4.79 Å². The Hall–Kier alpha value is -2.15. The monoisotopic (exact) mass is 390 g/mol. The minimum atomic E-state index is -0.222. The van der Waals surface area contributed by atoms with Crippen molar-refractivity contribution in [1.29, 1.82) is 0 Å². The number of halogens is 1. The molecule has 7 heteroatoms. The van der Waals surface area contributed by atoms with Gasteiger partial charge in [-0.2, -0.15) is 5.10 Å². The fourth-order valence-corrected chi connectivity index (χ4v) is 2.89. The standard InChI is InChI=1S/C17H19BrN4O2/c1-13-20-16-15(12-19-21(16)14-8-4-2-5-9-14)17(23)22(13)24-11-7-3-6-10-18/h2,4-5,8-9,12H,3,6-7,10-11H2,1H3. The van der Waals surface area contributed by atoms with Crippen LogP contribution in [-0.4, -0.2) is 31.4 Å². The second kappa shape index (κ2) is 7.61. The molecule has 0 spiro atoms. The largest absolute Gasteiger partial charge is 0.409 e. The molecule has 126 valence electrons. The average molecular weight is 391 g/mol. The Balaban J connectivity index is 1.90. The van der Waals surface area contributed by atoms with Gasteiger partial charge in [0.1, 0.15) is 17.8 Å². The molecule has 0 bridgehead atoms. The first-order valence-electron chi connectivity index (χ1n) is 7.94. The van der Waals surface area contributed by atoms with E-state index in [-0.39, 0.29) is 5.56 Å². The minimum absolute atomic E-state index is 0.222. The van der Waals surface area contributed by atoms with E-state index in [0.717, 1.165) is 30.3 Å². The number of unbranched alkanes of at least 4 members (excludes halogenated alkanes) is 2. The molecular weight excluding hydrogens is 372 g/mol. The molecule has 3 rings (SSSR count). The van der Waals surface area contributed by atoms with Gasteiger partial charge in [0.25, 0.3) is 5.56 Å². The van der Waals surface area contributed by atoms with Gasteiger partial charge >= 0.3 is 0 Å². The van der Waals surface area contributed by atoms with Crippen LogP contribution in [-0.2, 0) is 0 Å². The molecule has 0 atom stereocenters. The molecular formula is C17H19BrN4O2. The van der Waals surface area contributed by atoms with Crippen LogP contribution in [0.2, 0.25) is 0 Å². The van der Waals surface area contributed by atoms with Gasteiger partial charge in [-0.25, -0.2) is 9.67 Å². The lowest BCUT2D eigenvalue weighted by Crippen LogP contribution is -2.30. The zero-order chi connectivity index (χ0) is 16.9. The van der Waals surface area contributed by atoms with Crippen LogP contribution in [0.15, 0.2) is 41.3 Å². The van der Waals surface area contributed by atoms with Crippen LogP contribution >= 0.6 is 15.9 Å². The zero-order valence-electron chi connectivity index (χ0n) is 13.5. The van der Waals surface area contributed by atoms with Crippen molar-refractivity contribution in [2.24, 2.45) is 0 Å². The van der Waals surface area contributed by atoms with Crippen molar-refractivity contribution in [2.45, 2.75) is 26.2 Å². The molecule has 0 aliphatic carbocycles. The van der Waals surface area contributed by atoms with E-state index in [1.54, 1.807) is 17.8 Å². The molecule has 0 amide bonds. The van der Waals surface area contributed by atoms with Gasteiger partial charge in [-0.3, -0.25) is 4.79 Å². The second-order valence-corrected chi connectivity index (χ2v) is 6.26. The van der Waals surface area contributed by atoms with Gasteiger partial charge in [-0.15, -0.1) is 4.73 Å². The van der Waals surface area contributed by atoms with E-state index < -0.39 is 0 Å². The molecule has 0 radical (unpaired) electrons. The van der Waals surface area contributed by atoms with Crippen molar-refractivity contribution in [3.63, 3.8) is 0 Å². The number of rotatable bonds is 7. The van der Waals surface area contributed by atoms with Gasteiger partial charge in [0, 0.05) is 5.33 Å². The second-order valence-electron chi connectivity index (χ2n) is 5.47. The van der Waals surface area contributed by atoms with Crippen molar-refractivity contribution in [3.05, 3.63) is 52.7 Å². The van der Waals surface area contributed by atoms with Crippen LogP contribution < -0.4 is 10.4 Å². The molecule has 0 fully saturated rings. The highest BCUT2D eigenvalue weighted by atomic mass is 79.9. The highest BCUT2D eigenvalue weighted by Gasteiger charge is 2.14. The lowest BCUT2D eigenvalue weighted by Gasteiger charge is -2.11. The van der Waals surface area contributed by atoms with Gasteiger partial charge in [0.15, 0.2) is 5.65 Å². The number of benzene rings is 1. The van der Waals surface area contributed by atoms with Crippen LogP contribution in [0.25, 0.3) is 16.7 Å². The predicted molar refractivity (Wildman–Crippen MR) is 97.0 cm³/mol. The van der Waals surface area contributed by atoms with E-state index in [0.29, 0.717) is 23.5 Å². The first kappa shape index (κ1) is 16.7. The fraction of sp³-hybridized carbons (Fsp3) is 0.353. The molecule has 0 saturated heterocycles. The van der Waals surface area contributed by atoms with Crippen molar-refractivity contribution in [3.8, 4) is 5.69 Å². The first-order valence-corrected chi connectivity index (χ1v) is 9.06. The van der Waals surface area contributed by atoms with Crippen LogP contribution in [0.1, 0.15) is 25.1 Å². The maximum atomic E-state index is 12.7. The maximum Gasteiger partial charge on any atom is 0.297 e. The van der Waals surface area contributed by atoms with E-state index >= 15 is 0 Å². The van der Waals surface area contributed by atoms with E-state index in [1.807, 2.05) is 30.3 Å². The number of aromatic nitrogens is 4. The molecule has 24 heavy (non-hydrogen) atoms. The van der Waals surface area contributed by atoms with Crippen LogP contribution in [0.4, 0.5) is 0 Å². The summed E-state index contributed by atoms with van der Waals surface area (Å²) in [7, 11) is 0. The Morgan fingerprint density at radius 3 is 2.71 bits per heavy atom. The number of nitrogens with zero attached hydrogens (tertiary/aromatic N) is 4. The third kappa shape index (κ3) is 3.36. The SMILES string of the molecule is Cc1nc2c(cnn2-c2ccccc2)c(=O)n1OCCCCCBr. The third-order valence-electron chi connectivity index (χ3n) is 3.72. The van der Waals surface area contributed by atoms with Crippen LogP contribution in [0, 0.1) is 6.92 Å². The number of fused-ring (bicyclic) bond motifs is 1. The summed E-state index contributed by atoms with van der Waals surface area (Å²) in [6.07, 6.45) is 4.60. The first-order chi connectivity index (χ1) is 11.7. The lowest BCUT2D eigenvalue weighted by atomic mass is 10.3. The van der Waals surface area contributed by atoms with Crippen molar-refractivity contribution in [1.82, 2.24) is 19.5 Å². The summed E-state index contributed by atoms with van der Waals surface area (Å²) in [4.78, 5) is 22.8. The van der Waals surface area contributed by atoms with Gasteiger partial charge in [0.05, 0.1) is 11.9 Å². The Bertz CT molecular complexity index is 873. The average Bonchev–Trinajstić information content (AvgIpc) is 3.02. The zero-order valence-corrected chi connectivity index (χ0v) is 15.1. The highest BCUT2D eigenvalue weighted by Crippen LogP contribution is 2.13. The minimum Gasteiger partial charge on any atom is -0.409 e. The molecule has 0 unspecified atom stereocenters. The molecule has 0 aliphatic heterocycles. The Kier molecular flexibility index (Phi) is 5.30. The van der Waals surface area contributed by atoms with Gasteiger partial charge in [-0.05, 0) is 38.3 Å². The molecule has 6 nitrogen and oxygen atoms in total. The van der Waals surface area contributed by atoms with Crippen molar-refractivity contribution >= 4 is 27.0 Å². The summed E-state index contributed by atoms with van der Waals surface area (Å²) in [5.41, 5.74) is 1.19. The molecule has 0 aliphatic rings. The topological polar surface area (TPSA) is 61.9 Å². The normalized spacial score (nSPS) is 11.1. The number of hydrogen-bond donors (Lipinski definition) is 0. The summed E-state index contributed by atoms with van der Waals surface area (Å²) >= 11 is 3.40. The number of para-hydroxylation sites is 1. The molecule has 2 aromatic heterocycles. The highest BCUT2D eigenvalue weighted by molar-refractivity contribution is 9.09. The lowest BCUT2D eigenvalue weighted by molar-refractivity contribution is 0.0925. The van der Waals surface area contributed by atoms with E-state index in [2.05, 4.69) is 26.0 Å². The van der Waals surface area contributed by atoms with Crippen molar-refractivity contribution in [2.75, 3.05) is 11.9 Å². The number of hydrogen-bond acceptors (Lipinski definition) is 4. The summed E-state index contributed by atoms with van der Waals surface area (Å²) in [5.74, 6) is 0.519. The molecule has 2 heterocycles. The third-order valence-corrected chi connectivity index (χ3v) is 4.28. The van der Waals surface area contributed by atoms with Gasteiger partial charge < -0.3 is 4.84 Å². The summed E-state index contributed by atoms with van der Waals surface area (Å²) in [6.45, 7) is 2.26. The fourth-order valence-electron chi connectivity index (χ4n) is 2.49. The Labute approximate surface area is 148 Å². The van der Waals surface area contributed by atoms with E-state index in [1.165, 1.54) is 4.73 Å². The summed E-state index contributed by atoms with van der Waals surface area (Å²) in [6, 6.07) is 9.63. The number of aryl methyl sites for hydroxylation is 1. The smallest absolute Gasteiger partial charge is 0.297 e. The van der Waals surface area contributed by atoms with Crippen LogP contribution in [0.5, 0.6) is 0 Å².